The van der Waals surface area contributed by atoms with Gasteiger partial charge in [-0.25, -0.2) is 4.98 Å². The summed E-state index contributed by atoms with van der Waals surface area (Å²) in [6, 6.07) is 6.66. The number of hydrogen-bond acceptors (Lipinski definition) is 4. The van der Waals surface area contributed by atoms with E-state index in [-0.39, 0.29) is 23.9 Å². The second kappa shape index (κ2) is 9.90. The molecule has 1 aliphatic heterocycles. The number of carbonyl (C=O) groups is 1. The Morgan fingerprint density at radius 3 is 2.63 bits per heavy atom. The third-order valence-electron chi connectivity index (χ3n) is 5.95. The zero-order valence-corrected chi connectivity index (χ0v) is 20.6. The van der Waals surface area contributed by atoms with E-state index in [0.29, 0.717) is 0 Å². The van der Waals surface area contributed by atoms with E-state index in [0.717, 1.165) is 40.0 Å². The van der Waals surface area contributed by atoms with Crippen molar-refractivity contribution < 1.29 is 4.79 Å². The van der Waals surface area contributed by atoms with Gasteiger partial charge < -0.3 is 10.2 Å². The number of rotatable bonds is 6. The smallest absolute Gasteiger partial charge is 0.224 e. The summed E-state index contributed by atoms with van der Waals surface area (Å²) in [4.78, 5) is 23.3. The van der Waals surface area contributed by atoms with Crippen molar-refractivity contribution in [2.75, 3.05) is 14.6 Å². The maximum atomic E-state index is 12.5. The van der Waals surface area contributed by atoms with Gasteiger partial charge in [0.15, 0.2) is 0 Å². The number of benzene rings is 1. The van der Waals surface area contributed by atoms with Crippen molar-refractivity contribution in [2.24, 2.45) is 5.92 Å². The fourth-order valence-electron chi connectivity index (χ4n) is 4.26. The monoisotopic (exact) mass is 518 g/mol. The van der Waals surface area contributed by atoms with Crippen molar-refractivity contribution in [3.63, 3.8) is 0 Å². The predicted octanol–water partition coefficient (Wildman–Crippen LogP) is 5.95. The first-order valence-corrected chi connectivity index (χ1v) is 12.1. The van der Waals surface area contributed by atoms with E-state index in [1.165, 1.54) is 11.1 Å². The second-order valence-electron chi connectivity index (χ2n) is 8.06. The standard InChI is InChI=1S/C24H31IN4O/c1-6-7-19(10-11-25)20-8-9-22-21(12-20)24(16(3)17(4)29(22)18(5)30)28-23-14-26-15(2)13-27-23/h8-10,12-14,16-17,24H,6-7,11H2,1-5H3,(H,27,28)/b19-10+/t16-,17-,24+/m0/s1. The van der Waals surface area contributed by atoms with Crippen LogP contribution in [0.2, 0.25) is 0 Å². The molecule has 160 valence electrons. The number of carbonyl (C=O) groups excluding carboxylic acids is 1. The Labute approximate surface area is 193 Å². The molecule has 5 nitrogen and oxygen atoms in total. The lowest BCUT2D eigenvalue weighted by Crippen LogP contribution is -2.48. The molecule has 2 heterocycles. The molecule has 0 unspecified atom stereocenters. The Morgan fingerprint density at radius 1 is 1.27 bits per heavy atom. The third kappa shape index (κ3) is 4.68. The summed E-state index contributed by atoms with van der Waals surface area (Å²) >= 11 is 2.40. The second-order valence-corrected chi connectivity index (χ2v) is 8.94. The highest BCUT2D eigenvalue weighted by molar-refractivity contribution is 14.1. The molecule has 0 saturated heterocycles. The fourth-order valence-corrected chi connectivity index (χ4v) is 4.79. The average Bonchev–Trinajstić information content (AvgIpc) is 2.72. The highest BCUT2D eigenvalue weighted by atomic mass is 127. The first-order chi connectivity index (χ1) is 14.4. The van der Waals surface area contributed by atoms with E-state index in [1.54, 1.807) is 19.3 Å². The minimum absolute atomic E-state index is 0.0463. The number of allylic oxidation sites excluding steroid dienone is 2. The average molecular weight is 518 g/mol. The van der Waals surface area contributed by atoms with Crippen LogP contribution in [0, 0.1) is 12.8 Å². The van der Waals surface area contributed by atoms with Crippen molar-refractivity contribution in [2.45, 2.75) is 59.5 Å². The number of nitrogens with one attached hydrogen (secondary N) is 1. The Morgan fingerprint density at radius 2 is 2.03 bits per heavy atom. The zero-order valence-electron chi connectivity index (χ0n) is 18.4. The molecule has 1 aromatic heterocycles. The molecular weight excluding hydrogens is 487 g/mol. The summed E-state index contributed by atoms with van der Waals surface area (Å²) in [5.74, 6) is 1.05. The Balaban J connectivity index is 2.10. The van der Waals surface area contributed by atoms with Gasteiger partial charge >= 0.3 is 0 Å². The molecule has 0 aliphatic carbocycles. The molecule has 1 N–H and O–H groups in total. The lowest BCUT2D eigenvalue weighted by atomic mass is 9.81. The van der Waals surface area contributed by atoms with Crippen LogP contribution in [-0.4, -0.2) is 26.3 Å². The topological polar surface area (TPSA) is 58.1 Å². The number of anilines is 2. The molecule has 3 rings (SSSR count). The van der Waals surface area contributed by atoms with Crippen LogP contribution in [0.15, 0.2) is 36.7 Å². The molecule has 1 amide bonds. The van der Waals surface area contributed by atoms with Crippen LogP contribution < -0.4 is 10.2 Å². The first-order valence-electron chi connectivity index (χ1n) is 10.6. The van der Waals surface area contributed by atoms with Crippen LogP contribution in [0.5, 0.6) is 0 Å². The highest BCUT2D eigenvalue weighted by Gasteiger charge is 2.38. The largest absolute Gasteiger partial charge is 0.362 e. The van der Waals surface area contributed by atoms with Crippen molar-refractivity contribution in [1.29, 1.82) is 0 Å². The Kier molecular flexibility index (Phi) is 7.50. The van der Waals surface area contributed by atoms with Crippen molar-refractivity contribution in [1.82, 2.24) is 9.97 Å². The summed E-state index contributed by atoms with van der Waals surface area (Å²) in [6.45, 7) is 10.1. The summed E-state index contributed by atoms with van der Waals surface area (Å²) < 4.78 is 0.984. The van der Waals surface area contributed by atoms with Gasteiger partial charge in [0, 0.05) is 29.0 Å². The predicted molar refractivity (Wildman–Crippen MR) is 133 cm³/mol. The third-order valence-corrected chi connectivity index (χ3v) is 6.39. The maximum absolute atomic E-state index is 12.5. The van der Waals surface area contributed by atoms with Crippen LogP contribution in [0.1, 0.15) is 63.4 Å². The van der Waals surface area contributed by atoms with Gasteiger partial charge in [-0.15, -0.1) is 0 Å². The molecule has 2 aromatic rings. The zero-order chi connectivity index (χ0) is 21.8. The van der Waals surface area contributed by atoms with Gasteiger partial charge in [-0.05, 0) is 49.1 Å². The molecule has 6 heteroatoms. The summed E-state index contributed by atoms with van der Waals surface area (Å²) in [7, 11) is 0. The SMILES string of the molecule is CCC/C(=C\CI)c1ccc2c(c1)[C@H](Nc1cnc(C)cn1)[C@@H](C)[C@H](C)N2C(C)=O. The van der Waals surface area contributed by atoms with E-state index >= 15 is 0 Å². The number of amides is 1. The first kappa shape index (κ1) is 22.7. The maximum Gasteiger partial charge on any atom is 0.224 e. The van der Waals surface area contributed by atoms with Gasteiger partial charge in [-0.3, -0.25) is 9.78 Å². The Bertz CT molecular complexity index is 925. The van der Waals surface area contributed by atoms with Gasteiger partial charge in [0.05, 0.1) is 24.1 Å². The fraction of sp³-hybridized carbons (Fsp3) is 0.458. The van der Waals surface area contributed by atoms with E-state index in [1.807, 2.05) is 11.8 Å². The number of aryl methyl sites for hydroxylation is 1. The number of fused-ring (bicyclic) bond motifs is 1. The minimum Gasteiger partial charge on any atom is -0.362 e. The van der Waals surface area contributed by atoms with Crippen molar-refractivity contribution in [3.8, 4) is 0 Å². The number of halogens is 1. The molecule has 0 fully saturated rings. The number of aromatic nitrogens is 2. The molecule has 1 aromatic carbocycles. The van der Waals surface area contributed by atoms with Crippen LogP contribution >= 0.6 is 22.6 Å². The molecule has 0 saturated carbocycles. The molecule has 0 bridgehead atoms. The summed E-state index contributed by atoms with van der Waals surface area (Å²) in [5.41, 5.74) is 5.62. The molecule has 0 radical (unpaired) electrons. The van der Waals surface area contributed by atoms with Gasteiger partial charge in [0.2, 0.25) is 5.91 Å². The van der Waals surface area contributed by atoms with Crippen LogP contribution in [0.25, 0.3) is 5.57 Å². The summed E-state index contributed by atoms with van der Waals surface area (Å²) in [6.07, 6.45) is 8.02. The van der Waals surface area contributed by atoms with Gasteiger partial charge in [0.1, 0.15) is 5.82 Å². The van der Waals surface area contributed by atoms with Crippen molar-refractivity contribution >= 4 is 45.6 Å². The molecular formula is C24H31IN4O. The number of alkyl halides is 1. The van der Waals surface area contributed by atoms with E-state index in [9.17, 15) is 4.79 Å². The van der Waals surface area contributed by atoms with E-state index < -0.39 is 0 Å². The van der Waals surface area contributed by atoms with Gasteiger partial charge in [-0.1, -0.05) is 55.0 Å². The van der Waals surface area contributed by atoms with Crippen molar-refractivity contribution in [3.05, 3.63) is 53.5 Å². The summed E-state index contributed by atoms with van der Waals surface area (Å²) in [5, 5.41) is 3.60. The van der Waals surface area contributed by atoms with E-state index in [4.69, 9.17) is 0 Å². The lowest BCUT2D eigenvalue weighted by molar-refractivity contribution is -0.117. The van der Waals surface area contributed by atoms with Crippen LogP contribution in [-0.2, 0) is 4.79 Å². The van der Waals surface area contributed by atoms with Gasteiger partial charge in [0.25, 0.3) is 0 Å². The quantitative estimate of drug-likeness (QED) is 0.380. The Hall–Kier alpha value is -1.96. The van der Waals surface area contributed by atoms with E-state index in [2.05, 4.69) is 82.9 Å². The molecule has 1 aliphatic rings. The number of hydrogen-bond donors (Lipinski definition) is 1. The normalized spacial score (nSPS) is 21.3. The number of nitrogens with zero attached hydrogens (tertiary/aromatic N) is 3. The molecule has 30 heavy (non-hydrogen) atoms. The lowest BCUT2D eigenvalue weighted by Gasteiger charge is -2.44. The van der Waals surface area contributed by atoms with Gasteiger partial charge in [-0.2, -0.15) is 0 Å². The molecule has 0 spiro atoms. The highest BCUT2D eigenvalue weighted by Crippen LogP contribution is 2.43. The van der Waals surface area contributed by atoms with Crippen LogP contribution in [0.4, 0.5) is 11.5 Å². The minimum atomic E-state index is 0.0463. The molecule has 3 atom stereocenters. The van der Waals surface area contributed by atoms with Crippen LogP contribution in [0.3, 0.4) is 0 Å².